The summed E-state index contributed by atoms with van der Waals surface area (Å²) in [5, 5.41) is 32.9. The zero-order chi connectivity index (χ0) is 30.9. The summed E-state index contributed by atoms with van der Waals surface area (Å²) in [6.45, 7) is 7.99. The molecule has 3 unspecified atom stereocenters. The van der Waals surface area contributed by atoms with Crippen molar-refractivity contribution in [2.75, 3.05) is 6.54 Å². The summed E-state index contributed by atoms with van der Waals surface area (Å²) >= 11 is 0. The molecule has 0 aromatic carbocycles. The number of carboxylic acids is 3. The molecule has 0 radical (unpaired) electrons. The van der Waals surface area contributed by atoms with Crippen LogP contribution in [0.5, 0.6) is 0 Å². The van der Waals surface area contributed by atoms with Gasteiger partial charge in [0.1, 0.15) is 6.04 Å². The van der Waals surface area contributed by atoms with Gasteiger partial charge in [-0.05, 0) is 32.1 Å². The number of unbranched alkanes of at least 4 members (excludes halogenated alkanes) is 13. The number of carboxylic acid groups (broad SMARTS) is 3. The molecular weight excluding hydrogens is 518 g/mol. The average Bonchev–Trinajstić information content (AvgIpc) is 2.93. The second kappa shape index (κ2) is 24.7. The number of carbonyl (C=O) groups is 3. The summed E-state index contributed by atoms with van der Waals surface area (Å²) in [6.07, 6.45) is 24.5. The predicted octanol–water partition coefficient (Wildman–Crippen LogP) is 7.66. The van der Waals surface area contributed by atoms with Gasteiger partial charge in [-0.3, -0.25) is 4.48 Å². The number of carbonyl (C=O) groups excluding carboxylic acids is 1. The molecule has 0 fully saturated rings. The van der Waals surface area contributed by atoms with Crippen molar-refractivity contribution in [3.63, 3.8) is 0 Å². The SMILES string of the molecule is CCCCCCCCCCCCCC/C=C/CCC[N+](C(CCC)C(=O)[O-])(C(CCC)C(=O)O)C(CCC)C(=O)O. The van der Waals surface area contributed by atoms with Gasteiger partial charge in [0.25, 0.3) is 0 Å². The molecule has 7 heteroatoms. The Morgan fingerprint density at radius 2 is 0.927 bits per heavy atom. The van der Waals surface area contributed by atoms with E-state index >= 15 is 0 Å². The summed E-state index contributed by atoms with van der Waals surface area (Å²) in [6, 6.07) is -3.38. The van der Waals surface area contributed by atoms with Gasteiger partial charge >= 0.3 is 11.9 Å². The van der Waals surface area contributed by atoms with Crippen LogP contribution < -0.4 is 5.11 Å². The highest BCUT2D eigenvalue weighted by Gasteiger charge is 2.54. The fourth-order valence-electron chi connectivity index (χ4n) is 6.45. The minimum atomic E-state index is -1.35. The van der Waals surface area contributed by atoms with Crippen LogP contribution in [-0.4, -0.2) is 57.3 Å². The van der Waals surface area contributed by atoms with Gasteiger partial charge in [0.15, 0.2) is 12.1 Å². The lowest BCUT2D eigenvalue weighted by molar-refractivity contribution is -0.975. The van der Waals surface area contributed by atoms with Crippen LogP contribution in [0.2, 0.25) is 0 Å². The minimum Gasteiger partial charge on any atom is -0.544 e. The number of nitrogens with zero attached hydrogens (tertiary/aromatic N) is 1. The Balaban J connectivity index is 5.09. The van der Waals surface area contributed by atoms with E-state index in [9.17, 15) is 29.7 Å². The van der Waals surface area contributed by atoms with E-state index in [1.165, 1.54) is 70.6 Å². The molecule has 7 nitrogen and oxygen atoms in total. The lowest BCUT2D eigenvalue weighted by Gasteiger charge is -2.52. The third-order valence-electron chi connectivity index (χ3n) is 8.58. The van der Waals surface area contributed by atoms with Crippen LogP contribution in [-0.2, 0) is 14.4 Å². The number of aliphatic carboxylic acids is 3. The molecule has 240 valence electrons. The molecule has 0 heterocycles. The van der Waals surface area contributed by atoms with Gasteiger partial charge in [-0.1, -0.05) is 117 Å². The van der Waals surface area contributed by atoms with Gasteiger partial charge < -0.3 is 20.1 Å². The van der Waals surface area contributed by atoms with Gasteiger partial charge in [-0.25, -0.2) is 9.59 Å². The maximum absolute atomic E-state index is 12.5. The summed E-state index contributed by atoms with van der Waals surface area (Å²) in [4.78, 5) is 37.5. The van der Waals surface area contributed by atoms with Crippen LogP contribution in [0.15, 0.2) is 12.2 Å². The molecule has 3 atom stereocenters. The quantitative estimate of drug-likeness (QED) is 0.0532. The smallest absolute Gasteiger partial charge is 0.362 e. The first kappa shape index (κ1) is 39.1. The van der Waals surface area contributed by atoms with E-state index in [1.807, 2.05) is 20.8 Å². The van der Waals surface area contributed by atoms with E-state index in [0.29, 0.717) is 32.1 Å². The fraction of sp³-hybridized carbons (Fsp3) is 0.853. The maximum atomic E-state index is 12.5. The molecule has 0 aliphatic carbocycles. The molecule has 0 aromatic rings. The van der Waals surface area contributed by atoms with Crippen LogP contribution in [0, 0.1) is 0 Å². The number of quaternary nitrogens is 1. The molecule has 2 N–H and O–H groups in total. The van der Waals surface area contributed by atoms with Crippen molar-refractivity contribution in [3.05, 3.63) is 12.2 Å². The Morgan fingerprint density at radius 1 is 0.561 bits per heavy atom. The first-order valence-corrected chi connectivity index (χ1v) is 16.9. The first-order valence-electron chi connectivity index (χ1n) is 16.9. The molecule has 0 spiro atoms. The lowest BCUT2D eigenvalue weighted by Crippen LogP contribution is -2.74. The molecule has 41 heavy (non-hydrogen) atoms. The van der Waals surface area contributed by atoms with E-state index in [4.69, 9.17) is 0 Å². The van der Waals surface area contributed by atoms with Crippen LogP contribution in [0.1, 0.15) is 163 Å². The van der Waals surface area contributed by atoms with Crippen molar-refractivity contribution in [2.24, 2.45) is 0 Å². The van der Waals surface area contributed by atoms with E-state index < -0.39 is 40.5 Å². The van der Waals surface area contributed by atoms with E-state index in [0.717, 1.165) is 12.8 Å². The summed E-state index contributed by atoms with van der Waals surface area (Å²) in [7, 11) is 0. The third-order valence-corrected chi connectivity index (χ3v) is 8.58. The monoisotopic (exact) mass is 581 g/mol. The van der Waals surface area contributed by atoms with E-state index in [1.54, 1.807) is 0 Å². The van der Waals surface area contributed by atoms with E-state index in [-0.39, 0.29) is 25.8 Å². The maximum Gasteiger partial charge on any atom is 0.362 e. The Labute approximate surface area is 251 Å². The lowest BCUT2D eigenvalue weighted by atomic mass is 9.91. The number of hydrogen-bond donors (Lipinski definition) is 2. The van der Waals surface area contributed by atoms with Gasteiger partial charge in [-0.15, -0.1) is 0 Å². The summed E-state index contributed by atoms with van der Waals surface area (Å²) in [5.74, 6) is -3.60. The topological polar surface area (TPSA) is 115 Å². The number of hydrogen-bond acceptors (Lipinski definition) is 4. The highest BCUT2D eigenvalue weighted by molar-refractivity contribution is 5.77. The third kappa shape index (κ3) is 15.2. The van der Waals surface area contributed by atoms with Crippen molar-refractivity contribution < 1.29 is 34.2 Å². The van der Waals surface area contributed by atoms with Gasteiger partial charge in [0.05, 0.1) is 12.5 Å². The van der Waals surface area contributed by atoms with Crippen LogP contribution in [0.3, 0.4) is 0 Å². The van der Waals surface area contributed by atoms with Crippen LogP contribution in [0.4, 0.5) is 0 Å². The molecule has 0 saturated heterocycles. The number of allylic oxidation sites excluding steroid dienone is 2. The molecule has 0 saturated carbocycles. The van der Waals surface area contributed by atoms with Gasteiger partial charge in [-0.2, -0.15) is 0 Å². The molecule has 0 bridgehead atoms. The molecule has 0 aromatic heterocycles. The van der Waals surface area contributed by atoms with E-state index in [2.05, 4.69) is 19.1 Å². The Kier molecular flexibility index (Phi) is 23.5. The summed E-state index contributed by atoms with van der Waals surface area (Å²) < 4.78 is -0.463. The van der Waals surface area contributed by atoms with Crippen molar-refractivity contribution in [2.45, 2.75) is 181 Å². The Bertz CT molecular complexity index is 662. The largest absolute Gasteiger partial charge is 0.544 e. The number of rotatable bonds is 29. The normalized spacial score (nSPS) is 15.4. The molecule has 0 rings (SSSR count). The zero-order valence-corrected chi connectivity index (χ0v) is 26.9. The van der Waals surface area contributed by atoms with Crippen molar-refractivity contribution in [1.82, 2.24) is 0 Å². The predicted molar refractivity (Wildman–Crippen MR) is 166 cm³/mol. The molecule has 0 aliphatic heterocycles. The van der Waals surface area contributed by atoms with Crippen LogP contribution >= 0.6 is 0 Å². The molecule has 0 amide bonds. The fourth-order valence-corrected chi connectivity index (χ4v) is 6.45. The standard InChI is InChI=1S/C34H63NO6/c1-5-9-10-11-12-13-14-15-16-17-18-19-20-21-22-23-24-28-35(29(25-6-2)32(36)37,30(26-7-3)33(38)39)31(27-8-4)34(40)41/h21-22,29-31H,5-20,23-28H2,1-4H3,(H2-,36,37,38,39,40,41)/b22-21+. The van der Waals surface area contributed by atoms with Crippen molar-refractivity contribution in [1.29, 1.82) is 0 Å². The summed E-state index contributed by atoms with van der Waals surface area (Å²) in [5.41, 5.74) is 0. The Morgan fingerprint density at radius 3 is 1.29 bits per heavy atom. The Hall–Kier alpha value is -1.89. The molecular formula is C34H63NO6. The zero-order valence-electron chi connectivity index (χ0n) is 26.9. The average molecular weight is 582 g/mol. The van der Waals surface area contributed by atoms with Gasteiger partial charge in [0.2, 0.25) is 0 Å². The van der Waals surface area contributed by atoms with Crippen molar-refractivity contribution in [3.8, 4) is 0 Å². The van der Waals surface area contributed by atoms with Crippen molar-refractivity contribution >= 4 is 17.9 Å². The highest BCUT2D eigenvalue weighted by atomic mass is 16.4. The second-order valence-electron chi connectivity index (χ2n) is 11.9. The minimum absolute atomic E-state index is 0.190. The molecule has 0 aliphatic rings. The van der Waals surface area contributed by atoms with Crippen LogP contribution in [0.25, 0.3) is 0 Å². The second-order valence-corrected chi connectivity index (χ2v) is 11.9. The van der Waals surface area contributed by atoms with Gasteiger partial charge in [0, 0.05) is 25.7 Å². The first-order chi connectivity index (χ1) is 19.7. The highest BCUT2D eigenvalue weighted by Crippen LogP contribution is 2.34.